The number of hydrogen-bond donors (Lipinski definition) is 1. The molecule has 4 rings (SSSR count). The molecule has 2 aromatic carbocycles. The van der Waals surface area contributed by atoms with Gasteiger partial charge in [0.25, 0.3) is 0 Å². The fraction of sp³-hybridized carbons (Fsp3) is 0.143. The predicted molar refractivity (Wildman–Crippen MR) is 116 cm³/mol. The lowest BCUT2D eigenvalue weighted by molar-refractivity contribution is 0.395. The highest BCUT2D eigenvalue weighted by Crippen LogP contribution is 2.35. The van der Waals surface area contributed by atoms with E-state index in [1.807, 2.05) is 41.8 Å². The van der Waals surface area contributed by atoms with E-state index in [1.54, 1.807) is 25.6 Å². The summed E-state index contributed by atoms with van der Waals surface area (Å²) in [5, 5.41) is 7.05. The van der Waals surface area contributed by atoms with Crippen LogP contribution in [-0.4, -0.2) is 24.2 Å². The van der Waals surface area contributed by atoms with E-state index in [4.69, 9.17) is 19.4 Å². The summed E-state index contributed by atoms with van der Waals surface area (Å²) in [6.07, 6.45) is 0. The zero-order valence-corrected chi connectivity index (χ0v) is 17.4. The Morgan fingerprint density at radius 3 is 2.32 bits per heavy atom. The molecule has 2 heterocycles. The quantitative estimate of drug-likeness (QED) is 0.423. The molecular weight excluding hydrogens is 390 g/mol. The van der Waals surface area contributed by atoms with Crippen molar-refractivity contribution < 1.29 is 9.47 Å². The van der Waals surface area contributed by atoms with Crippen LogP contribution in [0.25, 0.3) is 22.0 Å². The third kappa shape index (κ3) is 3.85. The Morgan fingerprint density at radius 1 is 0.929 bits per heavy atom. The zero-order chi connectivity index (χ0) is 19.5. The van der Waals surface area contributed by atoms with E-state index in [2.05, 4.69) is 24.4 Å². The van der Waals surface area contributed by atoms with Crippen molar-refractivity contribution in [2.24, 2.45) is 0 Å². The summed E-state index contributed by atoms with van der Waals surface area (Å²) in [7, 11) is 3.27. The van der Waals surface area contributed by atoms with Crippen LogP contribution in [0.5, 0.6) is 11.5 Å². The highest BCUT2D eigenvalue weighted by Gasteiger charge is 2.14. The summed E-state index contributed by atoms with van der Waals surface area (Å²) in [6, 6.07) is 15.9. The summed E-state index contributed by atoms with van der Waals surface area (Å²) in [5.74, 6) is 1.45. The minimum atomic E-state index is 0.724. The molecule has 0 bridgehead atoms. The second kappa shape index (κ2) is 8.00. The lowest BCUT2D eigenvalue weighted by atomic mass is 10.1. The van der Waals surface area contributed by atoms with Crippen molar-refractivity contribution in [2.45, 2.75) is 6.92 Å². The SMILES string of the molecule is COc1cc(Nc2nc(-c3nc(-c4ccccc4)c(C)s3)cs2)cc(OC)c1. The number of ether oxygens (including phenoxy) is 2. The van der Waals surface area contributed by atoms with E-state index >= 15 is 0 Å². The maximum Gasteiger partial charge on any atom is 0.187 e. The highest BCUT2D eigenvalue weighted by atomic mass is 32.1. The number of aryl methyl sites for hydroxylation is 1. The number of hydrogen-bond acceptors (Lipinski definition) is 7. The molecule has 1 N–H and O–H groups in total. The summed E-state index contributed by atoms with van der Waals surface area (Å²) in [6.45, 7) is 2.09. The van der Waals surface area contributed by atoms with Gasteiger partial charge in [-0.05, 0) is 6.92 Å². The van der Waals surface area contributed by atoms with Crippen LogP contribution in [0, 0.1) is 6.92 Å². The van der Waals surface area contributed by atoms with Gasteiger partial charge >= 0.3 is 0 Å². The molecule has 0 unspecified atom stereocenters. The minimum absolute atomic E-state index is 0.724. The number of nitrogens with one attached hydrogen (secondary N) is 1. The number of benzene rings is 2. The molecule has 5 nitrogen and oxygen atoms in total. The van der Waals surface area contributed by atoms with Gasteiger partial charge in [-0.25, -0.2) is 9.97 Å². The van der Waals surface area contributed by atoms with Crippen molar-refractivity contribution in [1.29, 1.82) is 0 Å². The first-order chi connectivity index (χ1) is 13.7. The van der Waals surface area contributed by atoms with Gasteiger partial charge in [0.1, 0.15) is 22.2 Å². The molecule has 28 heavy (non-hydrogen) atoms. The maximum atomic E-state index is 5.32. The average molecular weight is 410 g/mol. The number of anilines is 2. The third-order valence-corrected chi connectivity index (χ3v) is 5.92. The van der Waals surface area contributed by atoms with Crippen LogP contribution in [0.3, 0.4) is 0 Å². The van der Waals surface area contributed by atoms with Crippen LogP contribution in [0.2, 0.25) is 0 Å². The Morgan fingerprint density at radius 2 is 1.64 bits per heavy atom. The summed E-state index contributed by atoms with van der Waals surface area (Å²) in [5.41, 5.74) is 3.87. The van der Waals surface area contributed by atoms with Gasteiger partial charge in [0.15, 0.2) is 5.13 Å². The van der Waals surface area contributed by atoms with Gasteiger partial charge in [0, 0.05) is 39.7 Å². The molecule has 7 heteroatoms. The first-order valence-electron chi connectivity index (χ1n) is 8.65. The standard InChI is InChI=1S/C21H19N3O2S2/c1-13-19(14-7-5-4-6-8-14)24-20(28-13)18-12-27-21(23-18)22-15-9-16(25-2)11-17(10-15)26-3/h4-12H,1-3H3,(H,22,23). The van der Waals surface area contributed by atoms with Gasteiger partial charge in [-0.1, -0.05) is 30.3 Å². The van der Waals surface area contributed by atoms with Crippen LogP contribution >= 0.6 is 22.7 Å². The van der Waals surface area contributed by atoms with Crippen molar-refractivity contribution in [1.82, 2.24) is 9.97 Å². The fourth-order valence-electron chi connectivity index (χ4n) is 2.80. The Kier molecular flexibility index (Phi) is 5.27. The molecule has 142 valence electrons. The van der Waals surface area contributed by atoms with E-state index in [0.717, 1.165) is 44.3 Å². The number of thiazole rings is 2. The number of rotatable bonds is 6. The Hall–Kier alpha value is -2.90. The molecule has 0 fully saturated rings. The largest absolute Gasteiger partial charge is 0.497 e. The Bertz CT molecular complexity index is 1070. The van der Waals surface area contributed by atoms with Gasteiger partial charge in [-0.3, -0.25) is 0 Å². The van der Waals surface area contributed by atoms with Crippen LogP contribution in [-0.2, 0) is 0 Å². The van der Waals surface area contributed by atoms with E-state index < -0.39 is 0 Å². The topological polar surface area (TPSA) is 56.3 Å². The number of aromatic nitrogens is 2. The molecular formula is C21H19N3O2S2. The second-order valence-corrected chi connectivity index (χ2v) is 8.12. The molecule has 0 saturated heterocycles. The molecule has 4 aromatic rings. The van der Waals surface area contributed by atoms with Crippen LogP contribution in [0.1, 0.15) is 4.88 Å². The monoisotopic (exact) mass is 409 g/mol. The van der Waals surface area contributed by atoms with Gasteiger partial charge in [-0.15, -0.1) is 22.7 Å². The van der Waals surface area contributed by atoms with E-state index in [9.17, 15) is 0 Å². The molecule has 0 radical (unpaired) electrons. The van der Waals surface area contributed by atoms with Crippen molar-refractivity contribution in [3.8, 4) is 33.5 Å². The average Bonchev–Trinajstić information content (AvgIpc) is 3.34. The van der Waals surface area contributed by atoms with Crippen molar-refractivity contribution in [3.05, 3.63) is 58.8 Å². The lowest BCUT2D eigenvalue weighted by Crippen LogP contribution is -1.93. The Balaban J connectivity index is 1.59. The molecule has 0 aliphatic carbocycles. The molecule has 0 atom stereocenters. The fourth-order valence-corrected chi connectivity index (χ4v) is 4.49. The van der Waals surface area contributed by atoms with Crippen molar-refractivity contribution >= 4 is 33.5 Å². The summed E-state index contributed by atoms with van der Waals surface area (Å²) >= 11 is 3.20. The molecule has 0 amide bonds. The molecule has 0 saturated carbocycles. The predicted octanol–water partition coefficient (Wildman–Crippen LogP) is 6.00. The van der Waals surface area contributed by atoms with Gasteiger partial charge in [0.2, 0.25) is 0 Å². The lowest BCUT2D eigenvalue weighted by Gasteiger charge is -2.08. The van der Waals surface area contributed by atoms with Crippen LogP contribution < -0.4 is 14.8 Å². The molecule has 0 aliphatic rings. The van der Waals surface area contributed by atoms with Crippen molar-refractivity contribution in [3.63, 3.8) is 0 Å². The molecule has 0 spiro atoms. The number of methoxy groups -OCH3 is 2. The van der Waals surface area contributed by atoms with E-state index in [0.29, 0.717) is 0 Å². The summed E-state index contributed by atoms with van der Waals surface area (Å²) in [4.78, 5) is 10.7. The zero-order valence-electron chi connectivity index (χ0n) is 15.7. The molecule has 2 aromatic heterocycles. The second-order valence-electron chi connectivity index (χ2n) is 6.05. The highest BCUT2D eigenvalue weighted by molar-refractivity contribution is 7.17. The first kappa shape index (κ1) is 18.5. The minimum Gasteiger partial charge on any atom is -0.497 e. The maximum absolute atomic E-state index is 5.32. The van der Waals surface area contributed by atoms with E-state index in [-0.39, 0.29) is 0 Å². The van der Waals surface area contributed by atoms with Gasteiger partial charge in [-0.2, -0.15) is 0 Å². The molecule has 0 aliphatic heterocycles. The Labute approximate surface area is 171 Å². The normalized spacial score (nSPS) is 10.7. The van der Waals surface area contributed by atoms with Crippen LogP contribution in [0.15, 0.2) is 53.9 Å². The first-order valence-corrected chi connectivity index (χ1v) is 10.3. The van der Waals surface area contributed by atoms with Crippen molar-refractivity contribution in [2.75, 3.05) is 19.5 Å². The summed E-state index contributed by atoms with van der Waals surface area (Å²) < 4.78 is 10.6. The van der Waals surface area contributed by atoms with Gasteiger partial charge in [0.05, 0.1) is 19.9 Å². The van der Waals surface area contributed by atoms with E-state index in [1.165, 1.54) is 16.2 Å². The van der Waals surface area contributed by atoms with Crippen LogP contribution in [0.4, 0.5) is 10.8 Å². The smallest absolute Gasteiger partial charge is 0.187 e. The number of nitrogens with zero attached hydrogens (tertiary/aromatic N) is 2. The third-order valence-electron chi connectivity index (χ3n) is 4.17. The van der Waals surface area contributed by atoms with Gasteiger partial charge < -0.3 is 14.8 Å².